The summed E-state index contributed by atoms with van der Waals surface area (Å²) in [5.74, 6) is 2.54. The van der Waals surface area contributed by atoms with Crippen molar-refractivity contribution in [3.63, 3.8) is 0 Å². The first-order valence-electron chi connectivity index (χ1n) is 8.34. The molecule has 27 heavy (non-hydrogen) atoms. The van der Waals surface area contributed by atoms with E-state index in [0.717, 1.165) is 23.1 Å². The van der Waals surface area contributed by atoms with Gasteiger partial charge in [0.05, 0.1) is 34.4 Å². The van der Waals surface area contributed by atoms with Crippen LogP contribution in [-0.4, -0.2) is 38.8 Å². The molecule has 0 aliphatic heterocycles. The van der Waals surface area contributed by atoms with Crippen LogP contribution in [-0.2, 0) is 13.1 Å². The van der Waals surface area contributed by atoms with Crippen molar-refractivity contribution in [2.45, 2.75) is 26.9 Å². The van der Waals surface area contributed by atoms with E-state index in [4.69, 9.17) is 14.2 Å². The molecule has 1 heterocycles. The molecule has 0 spiro atoms. The molecule has 1 aromatic carbocycles. The van der Waals surface area contributed by atoms with E-state index >= 15 is 0 Å². The van der Waals surface area contributed by atoms with E-state index in [1.807, 2.05) is 32.2 Å². The second-order valence-electron chi connectivity index (χ2n) is 5.41. The molecule has 0 radical (unpaired) electrons. The van der Waals surface area contributed by atoms with Gasteiger partial charge in [-0.3, -0.25) is 0 Å². The first kappa shape index (κ1) is 23.3. The third kappa shape index (κ3) is 6.42. The van der Waals surface area contributed by atoms with Gasteiger partial charge >= 0.3 is 0 Å². The number of hydrogen-bond donors (Lipinski definition) is 2. The molecule has 7 nitrogen and oxygen atoms in total. The summed E-state index contributed by atoms with van der Waals surface area (Å²) in [4.78, 5) is 10.2. The van der Waals surface area contributed by atoms with E-state index in [1.54, 1.807) is 32.7 Å². The van der Waals surface area contributed by atoms with E-state index in [2.05, 4.69) is 20.6 Å². The molecule has 0 saturated carbocycles. The lowest BCUT2D eigenvalue weighted by molar-refractivity contribution is 0.322. The lowest BCUT2D eigenvalue weighted by atomic mass is 10.1. The van der Waals surface area contributed by atoms with Gasteiger partial charge in [0.15, 0.2) is 17.5 Å². The number of ether oxygens (including phenoxy) is 3. The summed E-state index contributed by atoms with van der Waals surface area (Å²) in [7, 11) is 4.80. The second kappa shape index (κ2) is 11.9. The lowest BCUT2D eigenvalue weighted by Gasteiger charge is -2.15. The Morgan fingerprint density at radius 1 is 1.11 bits per heavy atom. The van der Waals surface area contributed by atoms with Crippen LogP contribution < -0.4 is 24.8 Å². The van der Waals surface area contributed by atoms with Gasteiger partial charge in [0.1, 0.15) is 5.01 Å². The van der Waals surface area contributed by atoms with Crippen molar-refractivity contribution in [1.82, 2.24) is 15.6 Å². The fraction of sp³-hybridized carbons (Fsp3) is 0.444. The first-order chi connectivity index (χ1) is 12.6. The van der Waals surface area contributed by atoms with Crippen LogP contribution in [0.4, 0.5) is 0 Å². The number of nitrogens with one attached hydrogen (secondary N) is 2. The Labute approximate surface area is 181 Å². The fourth-order valence-electron chi connectivity index (χ4n) is 2.44. The van der Waals surface area contributed by atoms with Crippen molar-refractivity contribution in [3.8, 4) is 17.2 Å². The third-order valence-corrected chi connectivity index (χ3v) is 4.53. The molecule has 2 aromatic rings. The number of aromatic nitrogens is 1. The van der Waals surface area contributed by atoms with Gasteiger partial charge in [0.25, 0.3) is 0 Å². The van der Waals surface area contributed by atoms with Gasteiger partial charge in [-0.15, -0.1) is 35.3 Å². The van der Waals surface area contributed by atoms with E-state index < -0.39 is 0 Å². The maximum Gasteiger partial charge on any atom is 0.203 e. The van der Waals surface area contributed by atoms with E-state index in [0.29, 0.717) is 30.3 Å². The summed E-state index contributed by atoms with van der Waals surface area (Å²) in [5.41, 5.74) is 0.910. The van der Waals surface area contributed by atoms with Gasteiger partial charge in [-0.1, -0.05) is 0 Å². The summed E-state index contributed by atoms with van der Waals surface area (Å²) < 4.78 is 16.3. The molecular weight excluding hydrogens is 479 g/mol. The van der Waals surface area contributed by atoms with Gasteiger partial charge in [0, 0.05) is 23.2 Å². The van der Waals surface area contributed by atoms with Crippen LogP contribution in [0.15, 0.2) is 23.3 Å². The van der Waals surface area contributed by atoms with Crippen molar-refractivity contribution in [1.29, 1.82) is 0 Å². The molecule has 1 aromatic heterocycles. The summed E-state index contributed by atoms with van der Waals surface area (Å²) >= 11 is 1.67. The third-order valence-electron chi connectivity index (χ3n) is 3.61. The van der Waals surface area contributed by atoms with Crippen molar-refractivity contribution in [2.75, 3.05) is 27.9 Å². The zero-order valence-electron chi connectivity index (χ0n) is 16.3. The Morgan fingerprint density at radius 3 is 2.41 bits per heavy atom. The highest BCUT2D eigenvalue weighted by molar-refractivity contribution is 14.0. The van der Waals surface area contributed by atoms with Crippen molar-refractivity contribution in [2.24, 2.45) is 4.99 Å². The monoisotopic (exact) mass is 506 g/mol. The number of guanidine groups is 1. The van der Waals surface area contributed by atoms with Gasteiger partial charge in [-0.2, -0.15) is 0 Å². The highest BCUT2D eigenvalue weighted by Gasteiger charge is 2.15. The van der Waals surface area contributed by atoms with Crippen molar-refractivity contribution in [3.05, 3.63) is 33.8 Å². The molecule has 2 N–H and O–H groups in total. The molecule has 0 bridgehead atoms. The van der Waals surface area contributed by atoms with Gasteiger partial charge in [-0.05, 0) is 26.0 Å². The topological polar surface area (TPSA) is 77.0 Å². The minimum Gasteiger partial charge on any atom is -0.493 e. The first-order valence-corrected chi connectivity index (χ1v) is 9.15. The minimum absolute atomic E-state index is 0. The molecule has 0 unspecified atom stereocenters. The number of hydrogen-bond acceptors (Lipinski definition) is 6. The van der Waals surface area contributed by atoms with E-state index in [-0.39, 0.29) is 24.0 Å². The van der Waals surface area contributed by atoms with Crippen LogP contribution in [0, 0.1) is 6.92 Å². The number of aliphatic imine (C=N–C) groups is 1. The molecule has 2 rings (SSSR count). The number of thiazole rings is 1. The smallest absolute Gasteiger partial charge is 0.203 e. The molecule has 0 atom stereocenters. The summed E-state index contributed by atoms with van der Waals surface area (Å²) in [5, 5.41) is 7.56. The van der Waals surface area contributed by atoms with Crippen LogP contribution in [0.1, 0.15) is 22.4 Å². The van der Waals surface area contributed by atoms with Crippen LogP contribution >= 0.6 is 35.3 Å². The van der Waals surface area contributed by atoms with Crippen LogP contribution in [0.2, 0.25) is 0 Å². The Hall–Kier alpha value is -1.75. The zero-order valence-corrected chi connectivity index (χ0v) is 19.4. The fourth-order valence-corrected chi connectivity index (χ4v) is 3.16. The molecule has 9 heteroatoms. The molecule has 0 fully saturated rings. The number of aryl methyl sites for hydroxylation is 1. The standard InChI is InChI=1S/C18H26N4O3S.HI/c1-6-19-18(22-11-15-20-9-12(2)26-15)21-10-13-7-8-14(23-3)17(25-5)16(13)24-4;/h7-9H,6,10-11H2,1-5H3,(H2,19,21,22);1H. The largest absolute Gasteiger partial charge is 0.493 e. The van der Waals surface area contributed by atoms with Crippen LogP contribution in [0.5, 0.6) is 17.2 Å². The van der Waals surface area contributed by atoms with Crippen molar-refractivity contribution >= 4 is 41.3 Å². The molecule has 0 amide bonds. The molecule has 0 aliphatic carbocycles. The Morgan fingerprint density at radius 2 is 1.85 bits per heavy atom. The quantitative estimate of drug-likeness (QED) is 0.325. The highest BCUT2D eigenvalue weighted by atomic mass is 127. The predicted octanol–water partition coefficient (Wildman–Crippen LogP) is 3.35. The summed E-state index contributed by atoms with van der Waals surface area (Å²) in [6, 6.07) is 3.78. The molecule has 150 valence electrons. The average molecular weight is 506 g/mol. The average Bonchev–Trinajstić information content (AvgIpc) is 3.08. The lowest BCUT2D eigenvalue weighted by Crippen LogP contribution is -2.36. The SMILES string of the molecule is CCNC(=NCc1ccc(OC)c(OC)c1OC)NCc1ncc(C)s1.I. The number of benzene rings is 1. The number of methoxy groups -OCH3 is 3. The van der Waals surface area contributed by atoms with Crippen molar-refractivity contribution < 1.29 is 14.2 Å². The molecule has 0 aliphatic rings. The normalized spacial score (nSPS) is 10.8. The van der Waals surface area contributed by atoms with Gasteiger partial charge < -0.3 is 24.8 Å². The Kier molecular flexibility index (Phi) is 10.2. The molecule has 0 saturated heterocycles. The van der Waals surface area contributed by atoms with Gasteiger partial charge in [0.2, 0.25) is 5.75 Å². The Bertz CT molecular complexity index is 752. The highest BCUT2D eigenvalue weighted by Crippen LogP contribution is 2.39. The van der Waals surface area contributed by atoms with Crippen LogP contribution in [0.3, 0.4) is 0 Å². The van der Waals surface area contributed by atoms with Crippen LogP contribution in [0.25, 0.3) is 0 Å². The minimum atomic E-state index is 0. The number of halogens is 1. The number of nitrogens with zero attached hydrogens (tertiary/aromatic N) is 2. The van der Waals surface area contributed by atoms with Gasteiger partial charge in [-0.25, -0.2) is 9.98 Å². The maximum atomic E-state index is 5.51. The maximum absolute atomic E-state index is 5.51. The number of rotatable bonds is 8. The zero-order chi connectivity index (χ0) is 18.9. The Balaban J connectivity index is 0.00000364. The predicted molar refractivity (Wildman–Crippen MR) is 120 cm³/mol. The summed E-state index contributed by atoms with van der Waals surface area (Å²) in [6.45, 7) is 5.92. The van der Waals surface area contributed by atoms with E-state index in [9.17, 15) is 0 Å². The van der Waals surface area contributed by atoms with E-state index in [1.165, 1.54) is 4.88 Å². The molecular formula is C18H27IN4O3S. The second-order valence-corrected chi connectivity index (χ2v) is 6.73. The summed E-state index contributed by atoms with van der Waals surface area (Å²) in [6.07, 6.45) is 1.88.